The van der Waals surface area contributed by atoms with Crippen molar-refractivity contribution in [3.8, 4) is 0 Å². The highest BCUT2D eigenvalue weighted by Gasteiger charge is 2.24. The number of nitrogens with two attached hydrogens (primary N) is 2. The van der Waals surface area contributed by atoms with E-state index in [-0.39, 0.29) is 6.04 Å². The summed E-state index contributed by atoms with van der Waals surface area (Å²) in [5.41, 5.74) is 13.3. The van der Waals surface area contributed by atoms with Crippen LogP contribution in [0.3, 0.4) is 0 Å². The molecule has 1 aromatic heterocycles. The smallest absolute Gasteiger partial charge is 0.126 e. The lowest BCUT2D eigenvalue weighted by molar-refractivity contribution is 0.245. The average molecular weight is 233 g/mol. The SMILES string of the molecule is CC1CCCC(C(N)Cc2cccnc2N)C1. The number of hydrogen-bond acceptors (Lipinski definition) is 3. The highest BCUT2D eigenvalue weighted by molar-refractivity contribution is 5.38. The second kappa shape index (κ2) is 5.50. The molecular weight excluding hydrogens is 210 g/mol. The zero-order chi connectivity index (χ0) is 12.3. The number of nitrogen functional groups attached to an aromatic ring is 1. The van der Waals surface area contributed by atoms with Gasteiger partial charge in [0.05, 0.1) is 0 Å². The largest absolute Gasteiger partial charge is 0.383 e. The number of hydrogen-bond donors (Lipinski definition) is 2. The topological polar surface area (TPSA) is 64.9 Å². The molecule has 1 aromatic rings. The van der Waals surface area contributed by atoms with Crippen LogP contribution in [-0.4, -0.2) is 11.0 Å². The Kier molecular flexibility index (Phi) is 4.00. The van der Waals surface area contributed by atoms with Crippen molar-refractivity contribution >= 4 is 5.82 Å². The van der Waals surface area contributed by atoms with Gasteiger partial charge in [-0.15, -0.1) is 0 Å². The first-order valence-corrected chi connectivity index (χ1v) is 6.61. The van der Waals surface area contributed by atoms with E-state index in [1.165, 1.54) is 25.7 Å². The van der Waals surface area contributed by atoms with E-state index in [1.807, 2.05) is 12.1 Å². The van der Waals surface area contributed by atoms with Gasteiger partial charge in [0.15, 0.2) is 0 Å². The van der Waals surface area contributed by atoms with Gasteiger partial charge in [0, 0.05) is 12.2 Å². The third-order valence-electron chi connectivity index (χ3n) is 3.96. The lowest BCUT2D eigenvalue weighted by Crippen LogP contribution is -2.35. The van der Waals surface area contributed by atoms with Gasteiger partial charge < -0.3 is 11.5 Å². The molecule has 1 heterocycles. The Morgan fingerprint density at radius 3 is 3.00 bits per heavy atom. The third-order valence-corrected chi connectivity index (χ3v) is 3.96. The first-order chi connectivity index (χ1) is 8.16. The predicted octanol–water partition coefficient (Wildman–Crippen LogP) is 2.36. The molecule has 4 N–H and O–H groups in total. The van der Waals surface area contributed by atoms with Gasteiger partial charge in [0.25, 0.3) is 0 Å². The Labute approximate surface area is 104 Å². The van der Waals surface area contributed by atoms with Crippen LogP contribution in [-0.2, 0) is 6.42 Å². The van der Waals surface area contributed by atoms with Crippen molar-refractivity contribution in [3.05, 3.63) is 23.9 Å². The van der Waals surface area contributed by atoms with Crippen LogP contribution in [0.15, 0.2) is 18.3 Å². The van der Waals surface area contributed by atoms with Crippen LogP contribution in [0.5, 0.6) is 0 Å². The van der Waals surface area contributed by atoms with Gasteiger partial charge in [-0.2, -0.15) is 0 Å². The summed E-state index contributed by atoms with van der Waals surface area (Å²) < 4.78 is 0. The molecule has 2 rings (SSSR count). The lowest BCUT2D eigenvalue weighted by atomic mass is 9.77. The summed E-state index contributed by atoms with van der Waals surface area (Å²) in [5, 5.41) is 0. The van der Waals surface area contributed by atoms with Crippen LogP contribution in [0.2, 0.25) is 0 Å². The third kappa shape index (κ3) is 3.19. The Bertz CT molecular complexity index is 364. The minimum Gasteiger partial charge on any atom is -0.383 e. The second-order valence-electron chi connectivity index (χ2n) is 5.45. The summed E-state index contributed by atoms with van der Waals surface area (Å²) in [6, 6.07) is 4.19. The Hall–Kier alpha value is -1.09. The monoisotopic (exact) mass is 233 g/mol. The van der Waals surface area contributed by atoms with Gasteiger partial charge in [-0.25, -0.2) is 4.98 Å². The minimum atomic E-state index is 0.226. The Morgan fingerprint density at radius 1 is 1.47 bits per heavy atom. The second-order valence-corrected chi connectivity index (χ2v) is 5.45. The molecule has 0 aromatic carbocycles. The van der Waals surface area contributed by atoms with Crippen LogP contribution in [0.25, 0.3) is 0 Å². The molecule has 3 nitrogen and oxygen atoms in total. The summed E-state index contributed by atoms with van der Waals surface area (Å²) in [7, 11) is 0. The standard InChI is InChI=1S/C14H23N3/c1-10-4-2-5-11(8-10)13(15)9-12-6-3-7-17-14(12)16/h3,6-7,10-11,13H,2,4-5,8-9,15H2,1H3,(H2,16,17). The number of rotatable bonds is 3. The molecule has 17 heavy (non-hydrogen) atoms. The first kappa shape index (κ1) is 12.4. The maximum atomic E-state index is 6.33. The maximum absolute atomic E-state index is 6.33. The van der Waals surface area contributed by atoms with Crippen molar-refractivity contribution in [2.24, 2.45) is 17.6 Å². The summed E-state index contributed by atoms with van der Waals surface area (Å²) in [6.45, 7) is 2.33. The molecule has 0 radical (unpaired) electrons. The summed E-state index contributed by atoms with van der Waals surface area (Å²) >= 11 is 0. The van der Waals surface area contributed by atoms with Crippen LogP contribution in [0.4, 0.5) is 5.82 Å². The number of nitrogens with zero attached hydrogens (tertiary/aromatic N) is 1. The fourth-order valence-corrected chi connectivity index (χ4v) is 2.91. The molecule has 0 aliphatic heterocycles. The fraction of sp³-hybridized carbons (Fsp3) is 0.643. The predicted molar refractivity (Wildman–Crippen MR) is 71.5 cm³/mol. The normalized spacial score (nSPS) is 26.7. The zero-order valence-electron chi connectivity index (χ0n) is 10.6. The van der Waals surface area contributed by atoms with Crippen LogP contribution in [0.1, 0.15) is 38.2 Å². The molecule has 3 heteroatoms. The van der Waals surface area contributed by atoms with Gasteiger partial charge >= 0.3 is 0 Å². The van der Waals surface area contributed by atoms with Gasteiger partial charge in [0.1, 0.15) is 5.82 Å². The van der Waals surface area contributed by atoms with E-state index in [2.05, 4.69) is 11.9 Å². The van der Waals surface area contributed by atoms with Crippen LogP contribution >= 0.6 is 0 Å². The Balaban J connectivity index is 1.96. The van der Waals surface area contributed by atoms with E-state index in [0.717, 1.165) is 17.9 Å². The van der Waals surface area contributed by atoms with Crippen molar-refractivity contribution in [2.45, 2.75) is 45.1 Å². The average Bonchev–Trinajstić information content (AvgIpc) is 2.32. The molecule has 3 atom stereocenters. The number of pyridine rings is 1. The van der Waals surface area contributed by atoms with Crippen molar-refractivity contribution in [1.82, 2.24) is 4.98 Å². The summed E-state index contributed by atoms with van der Waals surface area (Å²) in [6.07, 6.45) is 7.80. The zero-order valence-corrected chi connectivity index (χ0v) is 10.6. The first-order valence-electron chi connectivity index (χ1n) is 6.61. The van der Waals surface area contributed by atoms with Gasteiger partial charge in [-0.1, -0.05) is 25.8 Å². The van der Waals surface area contributed by atoms with Crippen molar-refractivity contribution in [3.63, 3.8) is 0 Å². The molecule has 1 aliphatic carbocycles. The van der Waals surface area contributed by atoms with Crippen LogP contribution in [0, 0.1) is 11.8 Å². The van der Waals surface area contributed by atoms with E-state index >= 15 is 0 Å². The summed E-state index contributed by atoms with van der Waals surface area (Å²) in [5.74, 6) is 2.11. The van der Waals surface area contributed by atoms with Gasteiger partial charge in [0.2, 0.25) is 0 Å². The molecule has 1 aliphatic rings. The molecule has 94 valence electrons. The molecule has 0 spiro atoms. The molecule has 0 bridgehead atoms. The molecule has 0 amide bonds. The van der Waals surface area contributed by atoms with E-state index in [9.17, 15) is 0 Å². The fourth-order valence-electron chi connectivity index (χ4n) is 2.91. The molecule has 1 fully saturated rings. The van der Waals surface area contributed by atoms with Crippen molar-refractivity contribution in [2.75, 3.05) is 5.73 Å². The van der Waals surface area contributed by atoms with Crippen LogP contribution < -0.4 is 11.5 Å². The van der Waals surface area contributed by atoms with E-state index < -0.39 is 0 Å². The summed E-state index contributed by atoms with van der Waals surface area (Å²) in [4.78, 5) is 4.11. The number of aromatic nitrogens is 1. The maximum Gasteiger partial charge on any atom is 0.126 e. The number of anilines is 1. The molecule has 1 saturated carbocycles. The van der Waals surface area contributed by atoms with E-state index in [0.29, 0.717) is 11.7 Å². The van der Waals surface area contributed by atoms with Crippen molar-refractivity contribution < 1.29 is 0 Å². The molecule has 0 saturated heterocycles. The lowest BCUT2D eigenvalue weighted by Gasteiger charge is -2.31. The van der Waals surface area contributed by atoms with Crippen molar-refractivity contribution in [1.29, 1.82) is 0 Å². The van der Waals surface area contributed by atoms with Gasteiger partial charge in [-0.05, 0) is 42.7 Å². The van der Waals surface area contributed by atoms with E-state index in [4.69, 9.17) is 11.5 Å². The van der Waals surface area contributed by atoms with Gasteiger partial charge in [-0.3, -0.25) is 0 Å². The van der Waals surface area contributed by atoms with E-state index in [1.54, 1.807) is 6.20 Å². The molecular formula is C14H23N3. The highest BCUT2D eigenvalue weighted by atomic mass is 14.8. The Morgan fingerprint density at radius 2 is 2.29 bits per heavy atom. The quantitative estimate of drug-likeness (QED) is 0.842. The minimum absolute atomic E-state index is 0.226. The highest BCUT2D eigenvalue weighted by Crippen LogP contribution is 2.31. The molecule has 3 unspecified atom stereocenters.